The number of nitrogens with one attached hydrogen (secondary N) is 2. The Morgan fingerprint density at radius 3 is 2.62 bits per heavy atom. The summed E-state index contributed by atoms with van der Waals surface area (Å²) in [6, 6.07) is 24.3. The van der Waals surface area contributed by atoms with Gasteiger partial charge >= 0.3 is 5.97 Å². The number of benzene rings is 3. The summed E-state index contributed by atoms with van der Waals surface area (Å²) in [6.45, 7) is 0. The second kappa shape index (κ2) is 10.2. The Balaban J connectivity index is 1.45. The normalized spacial score (nSPS) is 10.9. The van der Waals surface area contributed by atoms with Crippen LogP contribution in [-0.4, -0.2) is 23.1 Å². The van der Waals surface area contributed by atoms with E-state index in [-0.39, 0.29) is 17.2 Å². The van der Waals surface area contributed by atoms with Crippen LogP contribution in [0, 0.1) is 11.3 Å². The molecule has 0 saturated carbocycles. The summed E-state index contributed by atoms with van der Waals surface area (Å²) in [7, 11) is 0. The van der Waals surface area contributed by atoms with Crippen molar-refractivity contribution >= 4 is 40.6 Å². The van der Waals surface area contributed by atoms with E-state index < -0.39 is 11.9 Å². The van der Waals surface area contributed by atoms with Gasteiger partial charge in [0.2, 0.25) is 5.76 Å². The lowest BCUT2D eigenvalue weighted by Crippen LogP contribution is -2.19. The van der Waals surface area contributed by atoms with E-state index in [1.807, 2.05) is 12.1 Å². The number of fused-ring (bicyclic) bond motifs is 1. The van der Waals surface area contributed by atoms with Gasteiger partial charge in [0.1, 0.15) is 17.5 Å². The Hall–Kier alpha value is -5.13. The first kappa shape index (κ1) is 23.6. The third-order valence-corrected chi connectivity index (χ3v) is 5.87. The highest BCUT2D eigenvalue weighted by atomic mass is 35.5. The van der Waals surface area contributed by atoms with Crippen molar-refractivity contribution < 1.29 is 18.7 Å². The van der Waals surface area contributed by atoms with Crippen molar-refractivity contribution in [1.82, 2.24) is 10.4 Å². The highest BCUT2D eigenvalue weighted by Gasteiger charge is 2.22. The average molecular weight is 509 g/mol. The molecule has 9 heteroatoms. The van der Waals surface area contributed by atoms with Gasteiger partial charge in [-0.1, -0.05) is 54.1 Å². The highest BCUT2D eigenvalue weighted by molar-refractivity contribution is 6.34. The maximum atomic E-state index is 13.2. The van der Waals surface area contributed by atoms with Gasteiger partial charge in [-0.15, -0.1) is 0 Å². The number of nitriles is 1. The van der Waals surface area contributed by atoms with Gasteiger partial charge in [-0.2, -0.15) is 10.4 Å². The first-order valence-electron chi connectivity index (χ1n) is 11.0. The number of esters is 1. The fourth-order valence-corrected chi connectivity index (χ4v) is 4.10. The molecule has 3 aromatic carbocycles. The summed E-state index contributed by atoms with van der Waals surface area (Å²) in [5.74, 6) is -0.910. The topological polar surface area (TPSA) is 120 Å². The molecule has 0 atom stereocenters. The molecule has 0 fully saturated rings. The minimum Gasteiger partial charge on any atom is -0.457 e. The van der Waals surface area contributed by atoms with Gasteiger partial charge in [-0.05, 0) is 36.4 Å². The Kier molecular flexibility index (Phi) is 6.53. The molecule has 5 rings (SSSR count). The molecule has 2 N–H and O–H groups in total. The van der Waals surface area contributed by atoms with Crippen LogP contribution in [-0.2, 0) is 0 Å². The van der Waals surface area contributed by atoms with Gasteiger partial charge in [-0.25, -0.2) is 10.2 Å². The van der Waals surface area contributed by atoms with Gasteiger partial charge in [0.25, 0.3) is 5.91 Å². The minimum atomic E-state index is -0.661. The Bertz CT molecular complexity index is 1700. The van der Waals surface area contributed by atoms with Crippen molar-refractivity contribution in [3.8, 4) is 22.9 Å². The van der Waals surface area contributed by atoms with Crippen molar-refractivity contribution in [2.75, 3.05) is 0 Å². The fourth-order valence-electron chi connectivity index (χ4n) is 3.87. The zero-order chi connectivity index (χ0) is 25.8. The summed E-state index contributed by atoms with van der Waals surface area (Å²) in [4.78, 5) is 28.6. The number of nitrogens with zero attached hydrogens (tertiary/aromatic N) is 2. The molecule has 8 nitrogen and oxygen atoms in total. The number of halogens is 1. The van der Waals surface area contributed by atoms with Crippen LogP contribution in [0.15, 0.2) is 94.6 Å². The van der Waals surface area contributed by atoms with Crippen LogP contribution < -0.4 is 10.2 Å². The number of ether oxygens (including phenoxy) is 1. The number of amides is 1. The van der Waals surface area contributed by atoms with E-state index in [4.69, 9.17) is 20.8 Å². The summed E-state index contributed by atoms with van der Waals surface area (Å²) in [6.07, 6.45) is 2.74. The maximum absolute atomic E-state index is 13.2. The molecule has 2 aromatic heterocycles. The first-order chi connectivity index (χ1) is 18.1. The lowest BCUT2D eigenvalue weighted by molar-refractivity contribution is 0.0701. The largest absolute Gasteiger partial charge is 0.457 e. The van der Waals surface area contributed by atoms with Crippen LogP contribution in [0.3, 0.4) is 0 Å². The van der Waals surface area contributed by atoms with E-state index in [9.17, 15) is 14.9 Å². The van der Waals surface area contributed by atoms with Gasteiger partial charge in [0.05, 0.1) is 23.6 Å². The van der Waals surface area contributed by atoms with Crippen molar-refractivity contribution in [3.05, 3.63) is 113 Å². The molecular formula is C28H17ClN4O4. The predicted octanol–water partition coefficient (Wildman–Crippen LogP) is 5.94. The molecule has 0 saturated heterocycles. The number of furan rings is 1. The molecule has 0 bridgehead atoms. The molecular weight excluding hydrogens is 492 g/mol. The Morgan fingerprint density at radius 1 is 1.03 bits per heavy atom. The Morgan fingerprint density at radius 2 is 1.84 bits per heavy atom. The average Bonchev–Trinajstić information content (AvgIpc) is 3.58. The number of H-pyrrole nitrogens is 1. The molecule has 180 valence electrons. The maximum Gasteiger partial charge on any atom is 0.379 e. The van der Waals surface area contributed by atoms with E-state index in [0.29, 0.717) is 38.2 Å². The third kappa shape index (κ3) is 4.72. The zero-order valence-corrected chi connectivity index (χ0v) is 19.8. The lowest BCUT2D eigenvalue weighted by atomic mass is 10.0. The van der Waals surface area contributed by atoms with Crippen LogP contribution in [0.2, 0.25) is 5.02 Å². The number of aromatic amines is 1. The molecule has 37 heavy (non-hydrogen) atoms. The van der Waals surface area contributed by atoms with Crippen LogP contribution in [0.5, 0.6) is 5.75 Å². The van der Waals surface area contributed by atoms with E-state index in [1.54, 1.807) is 60.7 Å². The van der Waals surface area contributed by atoms with Gasteiger partial charge < -0.3 is 14.1 Å². The second-order valence-electron chi connectivity index (χ2n) is 7.80. The van der Waals surface area contributed by atoms with E-state index >= 15 is 0 Å². The number of hydrogen-bond donors (Lipinski definition) is 2. The molecule has 0 spiro atoms. The van der Waals surface area contributed by atoms with Crippen molar-refractivity contribution in [3.63, 3.8) is 0 Å². The van der Waals surface area contributed by atoms with Gasteiger partial charge in [-0.3, -0.25) is 4.79 Å². The molecule has 5 aromatic rings. The van der Waals surface area contributed by atoms with Crippen molar-refractivity contribution in [2.24, 2.45) is 5.10 Å². The molecule has 1 amide bonds. The van der Waals surface area contributed by atoms with E-state index in [2.05, 4.69) is 21.6 Å². The van der Waals surface area contributed by atoms with Gasteiger partial charge in [0.15, 0.2) is 0 Å². The quantitative estimate of drug-likeness (QED) is 0.127. The number of aromatic nitrogens is 1. The van der Waals surface area contributed by atoms with Crippen LogP contribution in [0.4, 0.5) is 0 Å². The Labute approximate surface area is 215 Å². The summed E-state index contributed by atoms with van der Waals surface area (Å²) >= 11 is 6.46. The fraction of sp³-hybridized carbons (Fsp3) is 0. The third-order valence-electron chi connectivity index (χ3n) is 5.54. The van der Waals surface area contributed by atoms with Crippen LogP contribution in [0.25, 0.3) is 22.0 Å². The number of hydrogen-bond acceptors (Lipinski definition) is 6. The van der Waals surface area contributed by atoms with Crippen molar-refractivity contribution in [1.29, 1.82) is 5.26 Å². The number of carbonyl (C=O) groups is 2. The van der Waals surface area contributed by atoms with E-state index in [0.717, 1.165) is 0 Å². The van der Waals surface area contributed by atoms with E-state index in [1.165, 1.54) is 18.5 Å². The standard InChI is InChI=1S/C28H17ClN4O4/c29-21-11-3-2-9-19(21)24-20-10-5-8-17(15-30)25(20)32-26(24)27(34)33-31-16-18-7-1-4-12-22(18)37-28(35)23-13-6-14-36-23/h1-14,16,32H,(H,33,34). The molecule has 2 heterocycles. The smallest absolute Gasteiger partial charge is 0.379 e. The number of para-hydroxylation sites is 2. The monoisotopic (exact) mass is 508 g/mol. The first-order valence-corrected chi connectivity index (χ1v) is 11.4. The molecule has 0 radical (unpaired) electrons. The number of hydrazone groups is 1. The molecule has 0 unspecified atom stereocenters. The predicted molar refractivity (Wildman–Crippen MR) is 139 cm³/mol. The van der Waals surface area contributed by atoms with Gasteiger partial charge in [0, 0.05) is 27.1 Å². The lowest BCUT2D eigenvalue weighted by Gasteiger charge is -2.07. The van der Waals surface area contributed by atoms with Crippen molar-refractivity contribution in [2.45, 2.75) is 0 Å². The minimum absolute atomic E-state index is 0.0581. The summed E-state index contributed by atoms with van der Waals surface area (Å²) < 4.78 is 10.5. The second-order valence-corrected chi connectivity index (χ2v) is 8.21. The number of rotatable bonds is 6. The molecule has 0 aliphatic rings. The summed E-state index contributed by atoms with van der Waals surface area (Å²) in [5, 5.41) is 14.7. The number of carbonyl (C=O) groups excluding carboxylic acids is 2. The SMILES string of the molecule is N#Cc1cccc2c(-c3ccccc3Cl)c(C(=O)NN=Cc3ccccc3OC(=O)c3ccco3)[nH]c12. The van der Waals surface area contributed by atoms with Crippen LogP contribution in [0.1, 0.15) is 32.2 Å². The highest BCUT2D eigenvalue weighted by Crippen LogP contribution is 2.37. The molecule has 0 aliphatic carbocycles. The zero-order valence-electron chi connectivity index (χ0n) is 19.1. The molecule has 0 aliphatic heterocycles. The summed E-state index contributed by atoms with van der Waals surface area (Å²) in [5.41, 5.74) is 5.24. The van der Waals surface area contributed by atoms with Crippen LogP contribution >= 0.6 is 11.6 Å².